The lowest BCUT2D eigenvalue weighted by atomic mass is 10.1. The van der Waals surface area contributed by atoms with Gasteiger partial charge in [0.1, 0.15) is 11.5 Å². The standard InChI is InChI=1S/C12H18N2O3/c1-8(13)10-4-3-9(16-2)7-11(10)17-6-5-12(14)15/h3-4,7-8H,5-6,13H2,1-2H3,(H2,14,15). The van der Waals surface area contributed by atoms with Crippen LogP contribution < -0.4 is 20.9 Å². The highest BCUT2D eigenvalue weighted by atomic mass is 16.5. The van der Waals surface area contributed by atoms with Gasteiger partial charge in [0.15, 0.2) is 0 Å². The molecule has 0 bridgehead atoms. The molecule has 0 fully saturated rings. The highest BCUT2D eigenvalue weighted by molar-refractivity contribution is 5.73. The van der Waals surface area contributed by atoms with Crippen molar-refractivity contribution in [1.29, 1.82) is 0 Å². The van der Waals surface area contributed by atoms with E-state index in [1.165, 1.54) is 0 Å². The van der Waals surface area contributed by atoms with Crippen LogP contribution in [0.15, 0.2) is 18.2 Å². The van der Waals surface area contributed by atoms with E-state index in [4.69, 9.17) is 20.9 Å². The second-order valence-electron chi connectivity index (χ2n) is 3.76. The molecule has 0 aliphatic carbocycles. The molecule has 0 saturated heterocycles. The van der Waals surface area contributed by atoms with E-state index in [0.29, 0.717) is 11.5 Å². The number of hydrogen-bond acceptors (Lipinski definition) is 4. The number of methoxy groups -OCH3 is 1. The van der Waals surface area contributed by atoms with E-state index in [2.05, 4.69) is 0 Å². The van der Waals surface area contributed by atoms with Crippen LogP contribution in [0.1, 0.15) is 24.9 Å². The van der Waals surface area contributed by atoms with Gasteiger partial charge in [-0.25, -0.2) is 0 Å². The number of benzene rings is 1. The Morgan fingerprint density at radius 3 is 2.71 bits per heavy atom. The SMILES string of the molecule is COc1ccc(C(C)N)c(OCCC(N)=O)c1. The van der Waals surface area contributed by atoms with Crippen LogP contribution in [0.2, 0.25) is 0 Å². The second kappa shape index (κ2) is 6.10. The first-order valence-electron chi connectivity index (χ1n) is 5.39. The summed E-state index contributed by atoms with van der Waals surface area (Å²) in [6, 6.07) is 5.27. The number of rotatable bonds is 6. The van der Waals surface area contributed by atoms with Gasteiger partial charge in [-0.3, -0.25) is 4.79 Å². The molecule has 1 unspecified atom stereocenters. The van der Waals surface area contributed by atoms with Gasteiger partial charge in [-0.05, 0) is 13.0 Å². The summed E-state index contributed by atoms with van der Waals surface area (Å²) in [5.74, 6) is 0.916. The van der Waals surface area contributed by atoms with Crippen molar-refractivity contribution in [3.63, 3.8) is 0 Å². The number of carbonyl (C=O) groups excluding carboxylic acids is 1. The molecule has 94 valence electrons. The van der Waals surface area contributed by atoms with E-state index in [-0.39, 0.29) is 19.1 Å². The average molecular weight is 238 g/mol. The zero-order valence-corrected chi connectivity index (χ0v) is 10.1. The topological polar surface area (TPSA) is 87.6 Å². The van der Waals surface area contributed by atoms with Gasteiger partial charge in [0, 0.05) is 17.7 Å². The zero-order valence-electron chi connectivity index (χ0n) is 10.1. The van der Waals surface area contributed by atoms with E-state index in [9.17, 15) is 4.79 Å². The molecule has 0 saturated carbocycles. The molecule has 1 atom stereocenters. The normalized spacial score (nSPS) is 11.9. The number of primary amides is 1. The Morgan fingerprint density at radius 2 is 2.18 bits per heavy atom. The Hall–Kier alpha value is -1.75. The second-order valence-corrected chi connectivity index (χ2v) is 3.76. The maximum absolute atomic E-state index is 10.6. The Balaban J connectivity index is 2.81. The van der Waals surface area contributed by atoms with Gasteiger partial charge >= 0.3 is 0 Å². The summed E-state index contributed by atoms with van der Waals surface area (Å²) < 4.78 is 10.6. The smallest absolute Gasteiger partial charge is 0.220 e. The third kappa shape index (κ3) is 3.96. The summed E-state index contributed by atoms with van der Waals surface area (Å²) in [5.41, 5.74) is 11.7. The molecule has 1 aromatic rings. The summed E-state index contributed by atoms with van der Waals surface area (Å²) in [4.78, 5) is 10.6. The molecule has 4 N–H and O–H groups in total. The van der Waals surface area contributed by atoms with Crippen molar-refractivity contribution in [2.45, 2.75) is 19.4 Å². The van der Waals surface area contributed by atoms with Gasteiger partial charge in [-0.1, -0.05) is 6.07 Å². The van der Waals surface area contributed by atoms with Crippen LogP contribution >= 0.6 is 0 Å². The van der Waals surface area contributed by atoms with Gasteiger partial charge in [0.05, 0.1) is 20.1 Å². The molecule has 0 radical (unpaired) electrons. The third-order valence-corrected chi connectivity index (χ3v) is 2.32. The van der Waals surface area contributed by atoms with Gasteiger partial charge in [0.25, 0.3) is 0 Å². The van der Waals surface area contributed by atoms with Crippen LogP contribution in [0.3, 0.4) is 0 Å². The highest BCUT2D eigenvalue weighted by Crippen LogP contribution is 2.28. The van der Waals surface area contributed by atoms with Crippen LogP contribution in [-0.2, 0) is 4.79 Å². The molecule has 0 aromatic heterocycles. The fourth-order valence-corrected chi connectivity index (χ4v) is 1.40. The lowest BCUT2D eigenvalue weighted by molar-refractivity contribution is -0.118. The highest BCUT2D eigenvalue weighted by Gasteiger charge is 2.10. The van der Waals surface area contributed by atoms with Crippen LogP contribution in [0.5, 0.6) is 11.5 Å². The molecule has 0 spiro atoms. The van der Waals surface area contributed by atoms with Crippen molar-refractivity contribution in [3.05, 3.63) is 23.8 Å². The predicted octanol–water partition coefficient (Wildman–Crippen LogP) is 0.969. The van der Waals surface area contributed by atoms with Crippen LogP contribution in [0, 0.1) is 0 Å². The quantitative estimate of drug-likeness (QED) is 0.773. The number of nitrogens with two attached hydrogens (primary N) is 2. The summed E-state index contributed by atoms with van der Waals surface area (Å²) in [5, 5.41) is 0. The van der Waals surface area contributed by atoms with E-state index in [0.717, 1.165) is 5.56 Å². The first-order valence-corrected chi connectivity index (χ1v) is 5.39. The summed E-state index contributed by atoms with van der Waals surface area (Å²) >= 11 is 0. The first-order chi connectivity index (χ1) is 8.04. The minimum absolute atomic E-state index is 0.149. The van der Waals surface area contributed by atoms with Crippen molar-refractivity contribution in [1.82, 2.24) is 0 Å². The molecule has 5 heteroatoms. The Bertz CT molecular complexity index is 391. The summed E-state index contributed by atoms with van der Waals surface area (Å²) in [7, 11) is 1.58. The number of carbonyl (C=O) groups is 1. The van der Waals surface area contributed by atoms with Crippen molar-refractivity contribution < 1.29 is 14.3 Å². The van der Waals surface area contributed by atoms with Gasteiger partial charge in [0.2, 0.25) is 5.91 Å². The monoisotopic (exact) mass is 238 g/mol. The largest absolute Gasteiger partial charge is 0.497 e. The molecule has 0 aliphatic rings. The Kier molecular flexibility index (Phi) is 4.78. The molecule has 1 amide bonds. The van der Waals surface area contributed by atoms with Crippen molar-refractivity contribution >= 4 is 5.91 Å². The van der Waals surface area contributed by atoms with E-state index < -0.39 is 5.91 Å². The summed E-state index contributed by atoms with van der Waals surface area (Å²) in [6.07, 6.45) is 0.176. The van der Waals surface area contributed by atoms with Gasteiger partial charge in [-0.2, -0.15) is 0 Å². The maximum atomic E-state index is 10.6. The molecular formula is C12H18N2O3. The third-order valence-electron chi connectivity index (χ3n) is 2.32. The zero-order chi connectivity index (χ0) is 12.8. The first kappa shape index (κ1) is 13.3. The minimum Gasteiger partial charge on any atom is -0.497 e. The van der Waals surface area contributed by atoms with E-state index in [1.807, 2.05) is 19.1 Å². The van der Waals surface area contributed by atoms with Crippen molar-refractivity contribution in [2.24, 2.45) is 11.5 Å². The number of ether oxygens (including phenoxy) is 2. The van der Waals surface area contributed by atoms with Crippen LogP contribution in [0.4, 0.5) is 0 Å². The molecule has 0 aliphatic heterocycles. The van der Waals surface area contributed by atoms with Crippen LogP contribution in [-0.4, -0.2) is 19.6 Å². The van der Waals surface area contributed by atoms with Crippen LogP contribution in [0.25, 0.3) is 0 Å². The molecule has 5 nitrogen and oxygen atoms in total. The minimum atomic E-state index is -0.393. The fraction of sp³-hybridized carbons (Fsp3) is 0.417. The number of amides is 1. The van der Waals surface area contributed by atoms with Gasteiger partial charge < -0.3 is 20.9 Å². The van der Waals surface area contributed by atoms with Gasteiger partial charge in [-0.15, -0.1) is 0 Å². The molecule has 17 heavy (non-hydrogen) atoms. The molecule has 0 heterocycles. The lowest BCUT2D eigenvalue weighted by Gasteiger charge is -2.14. The van der Waals surface area contributed by atoms with E-state index >= 15 is 0 Å². The fourth-order valence-electron chi connectivity index (χ4n) is 1.40. The Morgan fingerprint density at radius 1 is 1.47 bits per heavy atom. The lowest BCUT2D eigenvalue weighted by Crippen LogP contribution is -2.15. The predicted molar refractivity (Wildman–Crippen MR) is 64.9 cm³/mol. The van der Waals surface area contributed by atoms with Crippen molar-refractivity contribution in [3.8, 4) is 11.5 Å². The average Bonchev–Trinajstić information content (AvgIpc) is 2.28. The van der Waals surface area contributed by atoms with Crippen molar-refractivity contribution in [2.75, 3.05) is 13.7 Å². The summed E-state index contributed by atoms with van der Waals surface area (Å²) in [6.45, 7) is 2.10. The maximum Gasteiger partial charge on any atom is 0.220 e. The molecule has 1 aromatic carbocycles. The number of hydrogen-bond donors (Lipinski definition) is 2. The van der Waals surface area contributed by atoms with E-state index in [1.54, 1.807) is 13.2 Å². The molecule has 1 rings (SSSR count). The Labute approximate surface area is 101 Å². The molecular weight excluding hydrogens is 220 g/mol.